The average Bonchev–Trinajstić information content (AvgIpc) is 3.18. The van der Waals surface area contributed by atoms with E-state index in [4.69, 9.17) is 10.5 Å². The number of allylic oxidation sites excluding steroid dienone is 1. The highest BCUT2D eigenvalue weighted by atomic mass is 16.5. The van der Waals surface area contributed by atoms with Crippen LogP contribution in [-0.4, -0.2) is 23.3 Å². The number of rotatable bonds is 5. The molecule has 2 heterocycles. The van der Waals surface area contributed by atoms with Gasteiger partial charge in [-0.05, 0) is 38.5 Å². The lowest BCUT2D eigenvalue weighted by molar-refractivity contribution is 0.379. The number of hydrogen-bond donors (Lipinski definition) is 2. The molecule has 0 unspecified atom stereocenters. The summed E-state index contributed by atoms with van der Waals surface area (Å²) in [5.41, 5.74) is 12.4. The van der Waals surface area contributed by atoms with E-state index in [-0.39, 0.29) is 11.8 Å². The van der Waals surface area contributed by atoms with Crippen molar-refractivity contribution in [3.8, 4) is 23.2 Å². The van der Waals surface area contributed by atoms with E-state index in [1.165, 1.54) is 5.56 Å². The molecule has 6 nitrogen and oxygen atoms in total. The molecule has 0 fully saturated rings. The molecule has 3 aromatic rings. The van der Waals surface area contributed by atoms with Crippen LogP contribution in [0.15, 0.2) is 60.0 Å². The summed E-state index contributed by atoms with van der Waals surface area (Å²) >= 11 is 0. The summed E-state index contributed by atoms with van der Waals surface area (Å²) < 4.78 is 5.69. The molecular formula is C24H25N5O. The number of fused-ring (bicyclic) bond motifs is 1. The zero-order valence-corrected chi connectivity index (χ0v) is 17.4. The molecule has 152 valence electrons. The zero-order valence-electron chi connectivity index (χ0n) is 17.4. The number of nitrogens with two attached hydrogens (primary N) is 1. The van der Waals surface area contributed by atoms with E-state index in [0.717, 1.165) is 41.2 Å². The minimum absolute atomic E-state index is 0.102. The van der Waals surface area contributed by atoms with Crippen LogP contribution in [0.2, 0.25) is 0 Å². The van der Waals surface area contributed by atoms with E-state index in [0.29, 0.717) is 11.5 Å². The third-order valence-electron chi connectivity index (χ3n) is 5.63. The fourth-order valence-corrected chi connectivity index (χ4v) is 3.99. The third-order valence-corrected chi connectivity index (χ3v) is 5.63. The molecule has 0 saturated heterocycles. The van der Waals surface area contributed by atoms with E-state index in [2.05, 4.69) is 71.4 Å². The van der Waals surface area contributed by atoms with Crippen molar-refractivity contribution in [3.63, 3.8) is 0 Å². The van der Waals surface area contributed by atoms with E-state index in [1.54, 1.807) is 0 Å². The van der Waals surface area contributed by atoms with Crippen LogP contribution in [0.5, 0.6) is 5.88 Å². The van der Waals surface area contributed by atoms with Gasteiger partial charge in [-0.3, -0.25) is 5.10 Å². The fourth-order valence-electron chi connectivity index (χ4n) is 3.99. The van der Waals surface area contributed by atoms with Crippen LogP contribution in [0.25, 0.3) is 11.3 Å². The largest absolute Gasteiger partial charge is 0.420 e. The first-order valence-corrected chi connectivity index (χ1v) is 10.1. The fraction of sp³-hybridized carbons (Fsp3) is 0.250. The lowest BCUT2D eigenvalue weighted by Gasteiger charge is -2.25. The average molecular weight is 399 g/mol. The quantitative estimate of drug-likeness (QED) is 0.661. The molecule has 1 aromatic heterocycles. The SMILES string of the molecule is CCN(CC)c1ccc([C@H]2C(C#N)=C(N)Oc3n[nH]c(-c4ccc(C)cc4)c32)cc1. The van der Waals surface area contributed by atoms with Gasteiger partial charge in [-0.25, -0.2) is 0 Å². The summed E-state index contributed by atoms with van der Waals surface area (Å²) in [6, 6.07) is 18.7. The van der Waals surface area contributed by atoms with Crippen molar-refractivity contribution in [1.82, 2.24) is 10.2 Å². The topological polar surface area (TPSA) is 91.0 Å². The van der Waals surface area contributed by atoms with Gasteiger partial charge in [0.1, 0.15) is 11.6 Å². The van der Waals surface area contributed by atoms with Gasteiger partial charge in [-0.15, -0.1) is 5.10 Å². The van der Waals surface area contributed by atoms with Crippen molar-refractivity contribution in [2.24, 2.45) is 5.73 Å². The first-order valence-electron chi connectivity index (χ1n) is 10.1. The summed E-state index contributed by atoms with van der Waals surface area (Å²) in [7, 11) is 0. The molecule has 0 bridgehead atoms. The molecule has 6 heteroatoms. The van der Waals surface area contributed by atoms with Gasteiger partial charge in [0.15, 0.2) is 0 Å². The lowest BCUT2D eigenvalue weighted by atomic mass is 9.83. The predicted molar refractivity (Wildman–Crippen MR) is 118 cm³/mol. The molecule has 4 rings (SSSR count). The highest BCUT2D eigenvalue weighted by Crippen LogP contribution is 2.45. The van der Waals surface area contributed by atoms with Crippen LogP contribution in [-0.2, 0) is 0 Å². The molecule has 3 N–H and O–H groups in total. The zero-order chi connectivity index (χ0) is 21.3. The molecule has 0 radical (unpaired) electrons. The molecule has 0 aliphatic carbocycles. The highest BCUT2D eigenvalue weighted by molar-refractivity contribution is 5.71. The van der Waals surface area contributed by atoms with E-state index >= 15 is 0 Å². The molecule has 0 amide bonds. The Morgan fingerprint density at radius 1 is 1.10 bits per heavy atom. The molecule has 1 aliphatic heterocycles. The normalized spacial score (nSPS) is 15.3. The van der Waals surface area contributed by atoms with Crippen LogP contribution < -0.4 is 15.4 Å². The third kappa shape index (κ3) is 3.29. The Morgan fingerprint density at radius 2 is 1.77 bits per heavy atom. The second-order valence-corrected chi connectivity index (χ2v) is 7.37. The summed E-state index contributed by atoms with van der Waals surface area (Å²) in [5, 5.41) is 17.3. The maximum absolute atomic E-state index is 9.87. The molecular weight excluding hydrogens is 374 g/mol. The van der Waals surface area contributed by atoms with Gasteiger partial charge in [0, 0.05) is 24.3 Å². The second-order valence-electron chi connectivity index (χ2n) is 7.37. The smallest absolute Gasteiger partial charge is 0.244 e. The van der Waals surface area contributed by atoms with Crippen LogP contribution >= 0.6 is 0 Å². The summed E-state index contributed by atoms with van der Waals surface area (Å²) in [4.78, 5) is 2.28. The molecule has 1 aliphatic rings. The number of nitrogens with one attached hydrogen (secondary N) is 1. The van der Waals surface area contributed by atoms with Gasteiger partial charge in [0.05, 0.1) is 17.2 Å². The van der Waals surface area contributed by atoms with Gasteiger partial charge >= 0.3 is 0 Å². The Balaban J connectivity index is 1.84. The Hall–Kier alpha value is -3.72. The van der Waals surface area contributed by atoms with Crippen LogP contribution in [0.1, 0.15) is 36.5 Å². The van der Waals surface area contributed by atoms with Gasteiger partial charge in [-0.2, -0.15) is 5.26 Å². The minimum Gasteiger partial charge on any atom is -0.420 e. The lowest BCUT2D eigenvalue weighted by Crippen LogP contribution is -2.22. The summed E-state index contributed by atoms with van der Waals surface area (Å²) in [5.74, 6) is 0.171. The Morgan fingerprint density at radius 3 is 2.37 bits per heavy atom. The Kier molecular flexibility index (Phi) is 5.20. The number of anilines is 1. The van der Waals surface area contributed by atoms with Gasteiger partial charge < -0.3 is 15.4 Å². The van der Waals surface area contributed by atoms with Crippen molar-refractivity contribution in [2.45, 2.75) is 26.7 Å². The maximum atomic E-state index is 9.87. The first kappa shape index (κ1) is 19.6. The van der Waals surface area contributed by atoms with Crippen molar-refractivity contribution < 1.29 is 4.74 Å². The number of aryl methyl sites for hydroxylation is 1. The number of nitrogens with zero attached hydrogens (tertiary/aromatic N) is 3. The van der Waals surface area contributed by atoms with E-state index < -0.39 is 0 Å². The van der Waals surface area contributed by atoms with Crippen molar-refractivity contribution in [3.05, 3.63) is 76.7 Å². The Bertz CT molecular complexity index is 1120. The van der Waals surface area contributed by atoms with Crippen LogP contribution in [0.3, 0.4) is 0 Å². The standard InChI is InChI=1S/C24H25N5O/c1-4-29(5-2)18-12-10-16(11-13-18)20-19(14-25)23(26)30-24-21(20)22(27-28-24)17-8-6-15(3)7-9-17/h6-13,20H,4-5,26H2,1-3H3,(H,27,28)/t20-/m0/s1. The monoisotopic (exact) mass is 399 g/mol. The van der Waals surface area contributed by atoms with Crippen LogP contribution in [0.4, 0.5) is 5.69 Å². The van der Waals surface area contributed by atoms with Crippen molar-refractivity contribution in [1.29, 1.82) is 5.26 Å². The van der Waals surface area contributed by atoms with Gasteiger partial charge in [0.2, 0.25) is 11.8 Å². The van der Waals surface area contributed by atoms with Crippen molar-refractivity contribution in [2.75, 3.05) is 18.0 Å². The number of aromatic nitrogens is 2. The molecule has 30 heavy (non-hydrogen) atoms. The summed E-state index contributed by atoms with van der Waals surface area (Å²) in [6.07, 6.45) is 0. The molecule has 2 aromatic carbocycles. The highest BCUT2D eigenvalue weighted by Gasteiger charge is 2.35. The van der Waals surface area contributed by atoms with E-state index in [1.807, 2.05) is 19.1 Å². The minimum atomic E-state index is -0.348. The second kappa shape index (κ2) is 7.96. The summed E-state index contributed by atoms with van der Waals surface area (Å²) in [6.45, 7) is 8.20. The van der Waals surface area contributed by atoms with E-state index in [9.17, 15) is 5.26 Å². The van der Waals surface area contributed by atoms with Crippen LogP contribution in [0, 0.1) is 18.3 Å². The number of H-pyrrole nitrogens is 1. The van der Waals surface area contributed by atoms with Gasteiger partial charge in [0.25, 0.3) is 0 Å². The molecule has 1 atom stereocenters. The number of hydrogen-bond acceptors (Lipinski definition) is 5. The Labute approximate surface area is 176 Å². The number of benzene rings is 2. The van der Waals surface area contributed by atoms with Gasteiger partial charge in [-0.1, -0.05) is 42.0 Å². The number of aromatic amines is 1. The number of ether oxygens (including phenoxy) is 1. The molecule has 0 spiro atoms. The maximum Gasteiger partial charge on any atom is 0.244 e. The predicted octanol–water partition coefficient (Wildman–Crippen LogP) is 4.45. The number of nitriles is 1. The first-order chi connectivity index (χ1) is 14.6. The van der Waals surface area contributed by atoms with Crippen molar-refractivity contribution >= 4 is 5.69 Å². The molecule has 0 saturated carbocycles.